The van der Waals surface area contributed by atoms with Crippen LogP contribution in [0.4, 0.5) is 0 Å². The summed E-state index contributed by atoms with van der Waals surface area (Å²) in [7, 11) is 0. The predicted octanol–water partition coefficient (Wildman–Crippen LogP) is 1.45. The normalized spacial score (nSPS) is 40.9. The summed E-state index contributed by atoms with van der Waals surface area (Å²) < 4.78 is 5.10. The Bertz CT molecular complexity index is 171. The van der Waals surface area contributed by atoms with Crippen LogP contribution in [-0.4, -0.2) is 12.2 Å². The van der Waals surface area contributed by atoms with Gasteiger partial charge in [-0.05, 0) is 12.2 Å². The number of allylic oxidation sites excluding steroid dienone is 2. The second kappa shape index (κ2) is 1.36. The quantitative estimate of drug-likeness (QED) is 0.450. The maximum absolute atomic E-state index is 5.63. The van der Waals surface area contributed by atoms with Gasteiger partial charge in [0.25, 0.3) is 0 Å². The molecule has 2 aliphatic rings. The molecule has 0 amide bonds. The highest BCUT2D eigenvalue weighted by Crippen LogP contribution is 2.30. The maximum Gasteiger partial charge on any atom is 0.108 e. The van der Waals surface area contributed by atoms with Crippen LogP contribution < -0.4 is 0 Å². The van der Waals surface area contributed by atoms with Gasteiger partial charge in [0, 0.05) is 5.03 Å². The van der Waals surface area contributed by atoms with Gasteiger partial charge in [-0.25, -0.2) is 0 Å². The van der Waals surface area contributed by atoms with E-state index in [0.717, 1.165) is 5.03 Å². The van der Waals surface area contributed by atoms with Crippen LogP contribution in [0.2, 0.25) is 0 Å². The van der Waals surface area contributed by atoms with Gasteiger partial charge in [0.2, 0.25) is 0 Å². The lowest BCUT2D eigenvalue weighted by atomic mass is 10.2. The fourth-order valence-corrected chi connectivity index (χ4v) is 1.02. The van der Waals surface area contributed by atoms with E-state index in [2.05, 4.69) is 0 Å². The zero-order chi connectivity index (χ0) is 5.56. The molecule has 1 aliphatic carbocycles. The van der Waals surface area contributed by atoms with Crippen molar-refractivity contribution >= 4 is 11.6 Å². The summed E-state index contributed by atoms with van der Waals surface area (Å²) in [5.74, 6) is 0. The Morgan fingerprint density at radius 1 is 1.50 bits per heavy atom. The molecule has 0 aromatic rings. The molecule has 0 aromatic heterocycles. The van der Waals surface area contributed by atoms with Crippen LogP contribution in [0.25, 0.3) is 0 Å². The van der Waals surface area contributed by atoms with Crippen LogP contribution in [0.5, 0.6) is 0 Å². The van der Waals surface area contributed by atoms with Crippen LogP contribution in [0.1, 0.15) is 0 Å². The van der Waals surface area contributed by atoms with Crippen LogP contribution in [-0.2, 0) is 4.74 Å². The molecule has 1 saturated heterocycles. The number of hydrogen-bond acceptors (Lipinski definition) is 1. The van der Waals surface area contributed by atoms with Gasteiger partial charge in [0.15, 0.2) is 0 Å². The summed E-state index contributed by atoms with van der Waals surface area (Å²) in [5.41, 5.74) is 0. The minimum Gasteiger partial charge on any atom is -0.361 e. The van der Waals surface area contributed by atoms with Gasteiger partial charge in [-0.1, -0.05) is 17.7 Å². The number of epoxide rings is 1. The van der Waals surface area contributed by atoms with Gasteiger partial charge in [-0.2, -0.15) is 0 Å². The smallest absolute Gasteiger partial charge is 0.108 e. The Morgan fingerprint density at radius 3 is 3.00 bits per heavy atom. The fourth-order valence-electron chi connectivity index (χ4n) is 0.824. The van der Waals surface area contributed by atoms with E-state index in [4.69, 9.17) is 16.3 Å². The number of ether oxygens (including phenoxy) is 1. The highest BCUT2D eigenvalue weighted by Gasteiger charge is 2.36. The molecule has 2 unspecified atom stereocenters. The molecule has 2 rings (SSSR count). The Hall–Kier alpha value is -0.270. The van der Waals surface area contributed by atoms with Crippen molar-refractivity contribution in [2.24, 2.45) is 0 Å². The average molecular weight is 129 g/mol. The summed E-state index contributed by atoms with van der Waals surface area (Å²) in [5, 5.41) is 0.795. The monoisotopic (exact) mass is 128 g/mol. The van der Waals surface area contributed by atoms with Gasteiger partial charge in [0.1, 0.15) is 12.2 Å². The Kier molecular flexibility index (Phi) is 0.783. The van der Waals surface area contributed by atoms with Crippen LogP contribution in [0.3, 0.4) is 0 Å². The highest BCUT2D eigenvalue weighted by atomic mass is 35.5. The van der Waals surface area contributed by atoms with Crippen molar-refractivity contribution < 1.29 is 4.74 Å². The molecule has 2 atom stereocenters. The largest absolute Gasteiger partial charge is 0.361 e. The lowest BCUT2D eigenvalue weighted by molar-refractivity contribution is 0.414. The third-order valence-corrected chi connectivity index (χ3v) is 1.58. The summed E-state index contributed by atoms with van der Waals surface area (Å²) in [4.78, 5) is 0. The molecule has 1 aliphatic heterocycles. The van der Waals surface area contributed by atoms with E-state index < -0.39 is 0 Å². The fraction of sp³-hybridized carbons (Fsp3) is 0.333. The summed E-state index contributed by atoms with van der Waals surface area (Å²) >= 11 is 5.63. The van der Waals surface area contributed by atoms with Crippen molar-refractivity contribution in [2.75, 3.05) is 0 Å². The minimum atomic E-state index is 0.299. The lowest BCUT2D eigenvalue weighted by Crippen LogP contribution is -1.89. The number of fused-ring (bicyclic) bond motifs is 1. The Labute approximate surface area is 52.6 Å². The number of rotatable bonds is 0. The van der Waals surface area contributed by atoms with E-state index in [1.54, 1.807) is 0 Å². The molecule has 1 nitrogen and oxygen atoms in total. The number of halogens is 1. The molecule has 0 saturated carbocycles. The molecule has 42 valence electrons. The van der Waals surface area contributed by atoms with Crippen LogP contribution in [0.15, 0.2) is 23.3 Å². The van der Waals surface area contributed by atoms with Crippen molar-refractivity contribution in [3.63, 3.8) is 0 Å². The molecule has 0 N–H and O–H groups in total. The lowest BCUT2D eigenvalue weighted by Gasteiger charge is -1.89. The van der Waals surface area contributed by atoms with Gasteiger partial charge >= 0.3 is 0 Å². The zero-order valence-corrected chi connectivity index (χ0v) is 4.93. The molecule has 2 heteroatoms. The second-order valence-electron chi connectivity index (χ2n) is 1.98. The van der Waals surface area contributed by atoms with Crippen molar-refractivity contribution in [3.05, 3.63) is 23.3 Å². The highest BCUT2D eigenvalue weighted by molar-refractivity contribution is 6.31. The number of hydrogen-bond donors (Lipinski definition) is 0. The van der Waals surface area contributed by atoms with Gasteiger partial charge < -0.3 is 4.74 Å². The molecule has 1 heterocycles. The maximum atomic E-state index is 5.63. The molecule has 0 spiro atoms. The first kappa shape index (κ1) is 4.59. The molecule has 0 radical (unpaired) electrons. The second-order valence-corrected chi connectivity index (χ2v) is 2.41. The topological polar surface area (TPSA) is 12.5 Å². The van der Waals surface area contributed by atoms with Crippen LogP contribution >= 0.6 is 11.6 Å². The predicted molar refractivity (Wildman–Crippen MR) is 31.7 cm³/mol. The van der Waals surface area contributed by atoms with E-state index >= 15 is 0 Å². The first-order valence-electron chi connectivity index (χ1n) is 2.57. The van der Waals surface area contributed by atoms with Gasteiger partial charge in [0.05, 0.1) is 0 Å². The van der Waals surface area contributed by atoms with Crippen molar-refractivity contribution in [1.82, 2.24) is 0 Å². The van der Waals surface area contributed by atoms with Crippen LogP contribution in [0, 0.1) is 0 Å². The third kappa shape index (κ3) is 0.591. The Balaban J connectivity index is 2.28. The summed E-state index contributed by atoms with van der Waals surface area (Å²) in [6, 6.07) is 0. The average Bonchev–Trinajstić information content (AvgIpc) is 2.43. The first-order valence-corrected chi connectivity index (χ1v) is 2.95. The van der Waals surface area contributed by atoms with Crippen molar-refractivity contribution in [3.8, 4) is 0 Å². The standard InChI is InChI=1S/C6H5ClO/c7-4-1-2-5-6(3-4)8-5/h1-3,5-6H. The SMILES string of the molecule is ClC1=CC2OC2C=C1. The molecular formula is C6H5ClO. The first-order chi connectivity index (χ1) is 3.86. The minimum absolute atomic E-state index is 0.299. The van der Waals surface area contributed by atoms with E-state index in [1.807, 2.05) is 18.2 Å². The molecule has 8 heavy (non-hydrogen) atoms. The molecular weight excluding hydrogens is 124 g/mol. The third-order valence-electron chi connectivity index (χ3n) is 1.33. The molecule has 0 bridgehead atoms. The van der Waals surface area contributed by atoms with E-state index in [0.29, 0.717) is 12.2 Å². The van der Waals surface area contributed by atoms with Crippen molar-refractivity contribution in [1.29, 1.82) is 0 Å². The van der Waals surface area contributed by atoms with E-state index in [-0.39, 0.29) is 0 Å². The van der Waals surface area contributed by atoms with E-state index in [1.165, 1.54) is 0 Å². The summed E-state index contributed by atoms with van der Waals surface area (Å²) in [6.07, 6.45) is 6.42. The Morgan fingerprint density at radius 2 is 2.38 bits per heavy atom. The zero-order valence-electron chi connectivity index (χ0n) is 4.17. The summed E-state index contributed by atoms with van der Waals surface area (Å²) in [6.45, 7) is 0. The van der Waals surface area contributed by atoms with Gasteiger partial charge in [-0.15, -0.1) is 0 Å². The van der Waals surface area contributed by atoms with Gasteiger partial charge in [-0.3, -0.25) is 0 Å². The van der Waals surface area contributed by atoms with Crippen molar-refractivity contribution in [2.45, 2.75) is 12.2 Å². The van der Waals surface area contributed by atoms with E-state index in [9.17, 15) is 0 Å². The molecule has 1 fully saturated rings. The molecule has 0 aromatic carbocycles.